The zero-order valence-corrected chi connectivity index (χ0v) is 9.36. The van der Waals surface area contributed by atoms with Crippen LogP contribution in [0.4, 0.5) is 0 Å². The number of H-pyrrole nitrogens is 1. The molecule has 0 saturated heterocycles. The highest BCUT2D eigenvalue weighted by Crippen LogP contribution is 2.26. The molecule has 3 aromatic rings. The number of hydrogen-bond acceptors (Lipinski definition) is 2. The van der Waals surface area contributed by atoms with Crippen molar-refractivity contribution < 1.29 is 4.42 Å². The smallest absolute Gasteiger partial charge is 0.250 e. The van der Waals surface area contributed by atoms with E-state index < -0.39 is 0 Å². The highest BCUT2D eigenvalue weighted by Gasteiger charge is 2.06. The third-order valence-electron chi connectivity index (χ3n) is 2.80. The van der Waals surface area contributed by atoms with Crippen LogP contribution in [0.25, 0.3) is 22.3 Å². The van der Waals surface area contributed by atoms with Crippen molar-refractivity contribution in [1.82, 2.24) is 4.98 Å². The van der Waals surface area contributed by atoms with E-state index in [1.165, 1.54) is 0 Å². The van der Waals surface area contributed by atoms with Gasteiger partial charge >= 0.3 is 0 Å². The van der Waals surface area contributed by atoms with Crippen molar-refractivity contribution in [3.05, 3.63) is 58.5 Å². The lowest BCUT2D eigenvalue weighted by atomic mass is 10.1. The minimum absolute atomic E-state index is 0.0649. The number of hydrogen-bond donors (Lipinski definition) is 1. The first kappa shape index (κ1) is 9.90. The topological polar surface area (TPSA) is 46.0 Å². The van der Waals surface area contributed by atoms with Crippen LogP contribution in [0.5, 0.6) is 0 Å². The van der Waals surface area contributed by atoms with Crippen molar-refractivity contribution in [3.63, 3.8) is 0 Å². The number of benzene rings is 1. The fourth-order valence-electron chi connectivity index (χ4n) is 1.86. The number of rotatable bonds is 1. The predicted molar refractivity (Wildman–Crippen MR) is 67.0 cm³/mol. The highest BCUT2D eigenvalue weighted by atomic mass is 16.3. The van der Waals surface area contributed by atoms with E-state index in [9.17, 15) is 4.79 Å². The summed E-state index contributed by atoms with van der Waals surface area (Å²) in [5.74, 6) is 0.769. The monoisotopic (exact) mass is 225 g/mol. The van der Waals surface area contributed by atoms with Gasteiger partial charge in [0.15, 0.2) is 0 Å². The van der Waals surface area contributed by atoms with Crippen LogP contribution in [0.15, 0.2) is 51.8 Å². The van der Waals surface area contributed by atoms with Crippen LogP contribution < -0.4 is 5.56 Å². The van der Waals surface area contributed by atoms with E-state index in [2.05, 4.69) is 4.98 Å². The number of pyridine rings is 1. The zero-order chi connectivity index (χ0) is 11.8. The molecule has 3 rings (SSSR count). The third-order valence-corrected chi connectivity index (χ3v) is 2.80. The summed E-state index contributed by atoms with van der Waals surface area (Å²) in [7, 11) is 0. The van der Waals surface area contributed by atoms with E-state index in [4.69, 9.17) is 4.42 Å². The number of aryl methyl sites for hydroxylation is 1. The van der Waals surface area contributed by atoms with Crippen LogP contribution in [-0.2, 0) is 0 Å². The van der Waals surface area contributed by atoms with Gasteiger partial charge in [0, 0.05) is 22.7 Å². The van der Waals surface area contributed by atoms with Crippen molar-refractivity contribution in [2.45, 2.75) is 6.92 Å². The molecule has 0 unspecified atom stereocenters. The summed E-state index contributed by atoms with van der Waals surface area (Å²) in [6, 6.07) is 11.6. The molecule has 2 aromatic heterocycles. The van der Waals surface area contributed by atoms with Gasteiger partial charge in [0.05, 0.1) is 0 Å². The van der Waals surface area contributed by atoms with E-state index in [1.807, 2.05) is 36.4 Å². The fraction of sp³-hybridized carbons (Fsp3) is 0.0714. The standard InChI is InChI=1S/C14H11NO2/c1-9-6-11(8-15-14(9)16)13-7-10-4-2-3-5-12(10)17-13/h2-8H,1H3,(H,15,16). The summed E-state index contributed by atoms with van der Waals surface area (Å²) < 4.78 is 5.73. The summed E-state index contributed by atoms with van der Waals surface area (Å²) in [4.78, 5) is 14.0. The van der Waals surface area contributed by atoms with Crippen LogP contribution in [0.1, 0.15) is 5.56 Å². The normalized spacial score (nSPS) is 10.9. The van der Waals surface area contributed by atoms with Crippen LogP contribution >= 0.6 is 0 Å². The molecule has 0 radical (unpaired) electrons. The number of aromatic nitrogens is 1. The molecule has 1 aromatic carbocycles. The van der Waals surface area contributed by atoms with Gasteiger partial charge in [-0.05, 0) is 25.1 Å². The average molecular weight is 225 g/mol. The summed E-state index contributed by atoms with van der Waals surface area (Å²) >= 11 is 0. The van der Waals surface area contributed by atoms with Gasteiger partial charge in [-0.1, -0.05) is 18.2 Å². The maximum Gasteiger partial charge on any atom is 0.250 e. The first-order chi connectivity index (χ1) is 8.24. The Morgan fingerprint density at radius 1 is 1.18 bits per heavy atom. The Kier molecular flexibility index (Phi) is 2.11. The Hall–Kier alpha value is -2.29. The van der Waals surface area contributed by atoms with Crippen molar-refractivity contribution in [1.29, 1.82) is 0 Å². The fourth-order valence-corrected chi connectivity index (χ4v) is 1.86. The largest absolute Gasteiger partial charge is 0.456 e. The van der Waals surface area contributed by atoms with Crippen LogP contribution in [0.3, 0.4) is 0 Å². The number of furan rings is 1. The number of nitrogens with one attached hydrogen (secondary N) is 1. The van der Waals surface area contributed by atoms with E-state index in [-0.39, 0.29) is 5.56 Å². The minimum Gasteiger partial charge on any atom is -0.456 e. The molecule has 0 aliphatic carbocycles. The number of para-hydroxylation sites is 1. The molecule has 0 bridgehead atoms. The van der Waals surface area contributed by atoms with Gasteiger partial charge in [0.2, 0.25) is 0 Å². The first-order valence-corrected chi connectivity index (χ1v) is 5.42. The molecule has 0 fully saturated rings. The van der Waals surface area contributed by atoms with Gasteiger partial charge in [0.1, 0.15) is 11.3 Å². The predicted octanol–water partition coefficient (Wildman–Crippen LogP) is 3.10. The Balaban J connectivity index is 2.20. The third kappa shape index (κ3) is 1.65. The minimum atomic E-state index is -0.0649. The number of fused-ring (bicyclic) bond motifs is 1. The summed E-state index contributed by atoms with van der Waals surface area (Å²) in [6.45, 7) is 1.78. The van der Waals surface area contributed by atoms with E-state index in [0.717, 1.165) is 22.3 Å². The molecule has 0 amide bonds. The van der Waals surface area contributed by atoms with Crippen LogP contribution in [0.2, 0.25) is 0 Å². The quantitative estimate of drug-likeness (QED) is 0.691. The van der Waals surface area contributed by atoms with Gasteiger partial charge in [-0.3, -0.25) is 4.79 Å². The molecule has 0 aliphatic heterocycles. The molecule has 0 saturated carbocycles. The van der Waals surface area contributed by atoms with Crippen molar-refractivity contribution in [2.24, 2.45) is 0 Å². The molecule has 0 atom stereocenters. The van der Waals surface area contributed by atoms with Gasteiger partial charge in [-0.15, -0.1) is 0 Å². The second kappa shape index (κ2) is 3.63. The Labute approximate surface area is 97.7 Å². The molecule has 2 heterocycles. The second-order valence-corrected chi connectivity index (χ2v) is 4.05. The second-order valence-electron chi connectivity index (χ2n) is 4.05. The molecule has 84 valence electrons. The molecule has 1 N–H and O–H groups in total. The van der Waals surface area contributed by atoms with Gasteiger partial charge < -0.3 is 9.40 Å². The lowest BCUT2D eigenvalue weighted by Gasteiger charge is -1.97. The van der Waals surface area contributed by atoms with E-state index in [1.54, 1.807) is 13.1 Å². The van der Waals surface area contributed by atoms with Gasteiger partial charge in [0.25, 0.3) is 5.56 Å². The van der Waals surface area contributed by atoms with Crippen LogP contribution in [-0.4, -0.2) is 4.98 Å². The highest BCUT2D eigenvalue weighted by molar-refractivity contribution is 5.82. The molecular formula is C14H11NO2. The Bertz CT molecular complexity index is 704. The molecular weight excluding hydrogens is 214 g/mol. The van der Waals surface area contributed by atoms with Crippen molar-refractivity contribution in [2.75, 3.05) is 0 Å². The molecule has 3 nitrogen and oxygen atoms in total. The zero-order valence-electron chi connectivity index (χ0n) is 9.36. The Morgan fingerprint density at radius 2 is 2.00 bits per heavy atom. The average Bonchev–Trinajstić information content (AvgIpc) is 2.76. The maximum absolute atomic E-state index is 11.3. The molecule has 3 heteroatoms. The molecule has 0 spiro atoms. The SMILES string of the molecule is Cc1cc(-c2cc3ccccc3o2)c[nH]c1=O. The first-order valence-electron chi connectivity index (χ1n) is 5.42. The lowest BCUT2D eigenvalue weighted by Crippen LogP contribution is -2.07. The van der Waals surface area contributed by atoms with E-state index >= 15 is 0 Å². The summed E-state index contributed by atoms with van der Waals surface area (Å²) in [6.07, 6.45) is 1.67. The summed E-state index contributed by atoms with van der Waals surface area (Å²) in [5, 5.41) is 1.06. The Morgan fingerprint density at radius 3 is 2.76 bits per heavy atom. The van der Waals surface area contributed by atoms with Crippen LogP contribution in [0, 0.1) is 6.92 Å². The lowest BCUT2D eigenvalue weighted by molar-refractivity contribution is 0.631. The molecule has 0 aliphatic rings. The summed E-state index contributed by atoms with van der Waals surface area (Å²) in [5.41, 5.74) is 2.36. The number of aromatic amines is 1. The van der Waals surface area contributed by atoms with E-state index in [0.29, 0.717) is 5.56 Å². The van der Waals surface area contributed by atoms with Gasteiger partial charge in [-0.2, -0.15) is 0 Å². The van der Waals surface area contributed by atoms with Gasteiger partial charge in [-0.25, -0.2) is 0 Å². The van der Waals surface area contributed by atoms with Crippen molar-refractivity contribution >= 4 is 11.0 Å². The maximum atomic E-state index is 11.3. The molecule has 17 heavy (non-hydrogen) atoms. The van der Waals surface area contributed by atoms with Crippen molar-refractivity contribution in [3.8, 4) is 11.3 Å².